The molecule has 0 aliphatic heterocycles. The van der Waals surface area contributed by atoms with Crippen LogP contribution in [-0.2, 0) is 0 Å². The quantitative estimate of drug-likeness (QED) is 0.329. The smallest absolute Gasteiger partial charge is 0.0702 e. The summed E-state index contributed by atoms with van der Waals surface area (Å²) in [6, 6.07) is 37.8. The van der Waals surface area contributed by atoms with Gasteiger partial charge >= 0.3 is 0 Å². The van der Waals surface area contributed by atoms with E-state index in [1.807, 2.05) is 48.8 Å². The van der Waals surface area contributed by atoms with Gasteiger partial charge in [0, 0.05) is 23.5 Å². The van der Waals surface area contributed by atoms with Crippen LogP contribution in [0.25, 0.3) is 44.8 Å². The lowest BCUT2D eigenvalue weighted by Gasteiger charge is -2.09. The van der Waals surface area contributed by atoms with Gasteiger partial charge in [-0.15, -0.1) is 0 Å². The highest BCUT2D eigenvalue weighted by Crippen LogP contribution is 2.30. The number of pyridine rings is 2. The van der Waals surface area contributed by atoms with Gasteiger partial charge in [0.15, 0.2) is 0 Å². The lowest BCUT2D eigenvalue weighted by Crippen LogP contribution is -1.86. The van der Waals surface area contributed by atoms with Gasteiger partial charge in [-0.25, -0.2) is 0 Å². The molecule has 2 nitrogen and oxygen atoms in total. The van der Waals surface area contributed by atoms with Gasteiger partial charge < -0.3 is 0 Å². The van der Waals surface area contributed by atoms with Gasteiger partial charge in [-0.3, -0.25) is 9.97 Å². The minimum Gasteiger partial charge on any atom is -0.256 e. The fraction of sp³-hybridized carbons (Fsp3) is 0. The maximum atomic E-state index is 4.48. The predicted molar refractivity (Wildman–Crippen MR) is 124 cm³/mol. The molecule has 0 radical (unpaired) electrons. The molecular weight excluding hydrogens is 364 g/mol. The lowest BCUT2D eigenvalue weighted by molar-refractivity contribution is 1.33. The van der Waals surface area contributed by atoms with E-state index in [4.69, 9.17) is 0 Å². The fourth-order valence-electron chi connectivity index (χ4n) is 3.66. The first-order valence-electron chi connectivity index (χ1n) is 10.0. The van der Waals surface area contributed by atoms with Crippen LogP contribution in [0.5, 0.6) is 0 Å². The SMILES string of the molecule is c1ccc(-c2cccc(-c3cccc(-c4cccc(-c5ccccn5)c4)c3)c2)nc1. The van der Waals surface area contributed by atoms with Gasteiger partial charge in [0.05, 0.1) is 11.4 Å². The molecule has 0 spiro atoms. The van der Waals surface area contributed by atoms with Gasteiger partial charge in [0.1, 0.15) is 0 Å². The van der Waals surface area contributed by atoms with E-state index in [0.29, 0.717) is 0 Å². The van der Waals surface area contributed by atoms with Crippen LogP contribution in [0.3, 0.4) is 0 Å². The number of benzene rings is 3. The molecule has 142 valence electrons. The zero-order valence-electron chi connectivity index (χ0n) is 16.4. The largest absolute Gasteiger partial charge is 0.256 e. The topological polar surface area (TPSA) is 25.8 Å². The Bertz CT molecular complexity index is 1180. The predicted octanol–water partition coefficient (Wildman–Crippen LogP) is 7.14. The van der Waals surface area contributed by atoms with Crippen molar-refractivity contribution in [2.75, 3.05) is 0 Å². The minimum absolute atomic E-state index is 0.985. The normalized spacial score (nSPS) is 10.7. The minimum atomic E-state index is 0.985. The molecule has 0 saturated heterocycles. The molecule has 30 heavy (non-hydrogen) atoms. The summed E-state index contributed by atoms with van der Waals surface area (Å²) in [5.74, 6) is 0. The third-order valence-corrected chi connectivity index (χ3v) is 5.18. The molecule has 2 heteroatoms. The number of hydrogen-bond acceptors (Lipinski definition) is 2. The Morgan fingerprint density at radius 2 is 0.700 bits per heavy atom. The van der Waals surface area contributed by atoms with Crippen molar-refractivity contribution in [2.24, 2.45) is 0 Å². The molecule has 0 unspecified atom stereocenters. The molecule has 2 heterocycles. The molecule has 0 fully saturated rings. The Morgan fingerprint density at radius 1 is 0.333 bits per heavy atom. The third kappa shape index (κ3) is 3.76. The van der Waals surface area contributed by atoms with E-state index in [2.05, 4.69) is 82.8 Å². The Kier molecular flexibility index (Phi) is 4.89. The van der Waals surface area contributed by atoms with E-state index in [9.17, 15) is 0 Å². The summed E-state index contributed by atoms with van der Waals surface area (Å²) in [7, 11) is 0. The summed E-state index contributed by atoms with van der Waals surface area (Å²) < 4.78 is 0. The van der Waals surface area contributed by atoms with Crippen LogP contribution in [0, 0.1) is 0 Å². The molecule has 0 bridgehead atoms. The Hall–Kier alpha value is -4.04. The van der Waals surface area contributed by atoms with Crippen LogP contribution in [0.15, 0.2) is 122 Å². The van der Waals surface area contributed by atoms with E-state index < -0.39 is 0 Å². The maximum Gasteiger partial charge on any atom is 0.0702 e. The zero-order valence-corrected chi connectivity index (χ0v) is 16.4. The average Bonchev–Trinajstić information content (AvgIpc) is 2.85. The van der Waals surface area contributed by atoms with Crippen LogP contribution in [0.4, 0.5) is 0 Å². The van der Waals surface area contributed by atoms with Crippen LogP contribution in [0.2, 0.25) is 0 Å². The van der Waals surface area contributed by atoms with E-state index in [0.717, 1.165) is 22.5 Å². The van der Waals surface area contributed by atoms with Gasteiger partial charge in [-0.2, -0.15) is 0 Å². The molecule has 0 amide bonds. The van der Waals surface area contributed by atoms with Crippen LogP contribution in [0.1, 0.15) is 0 Å². The summed E-state index contributed by atoms with van der Waals surface area (Å²) in [5.41, 5.74) is 8.95. The highest BCUT2D eigenvalue weighted by molar-refractivity contribution is 5.78. The van der Waals surface area contributed by atoms with E-state index in [-0.39, 0.29) is 0 Å². The molecule has 0 atom stereocenters. The van der Waals surface area contributed by atoms with Crippen LogP contribution in [-0.4, -0.2) is 9.97 Å². The molecule has 5 aromatic rings. The molecule has 2 aromatic heterocycles. The first-order chi connectivity index (χ1) is 14.9. The second-order valence-electron chi connectivity index (χ2n) is 7.17. The molecule has 0 saturated carbocycles. The molecule has 0 aliphatic rings. The molecule has 3 aromatic carbocycles. The number of rotatable bonds is 4. The number of nitrogens with zero attached hydrogens (tertiary/aromatic N) is 2. The van der Waals surface area contributed by atoms with Gasteiger partial charge in [0.2, 0.25) is 0 Å². The van der Waals surface area contributed by atoms with Crippen LogP contribution < -0.4 is 0 Å². The highest BCUT2D eigenvalue weighted by atomic mass is 14.7. The second kappa shape index (κ2) is 8.14. The fourth-order valence-corrected chi connectivity index (χ4v) is 3.66. The summed E-state index contributed by atoms with van der Waals surface area (Å²) >= 11 is 0. The van der Waals surface area contributed by atoms with Gasteiger partial charge in [0.25, 0.3) is 0 Å². The second-order valence-corrected chi connectivity index (χ2v) is 7.17. The van der Waals surface area contributed by atoms with Crippen molar-refractivity contribution in [1.29, 1.82) is 0 Å². The summed E-state index contributed by atoms with van der Waals surface area (Å²) in [5, 5.41) is 0. The summed E-state index contributed by atoms with van der Waals surface area (Å²) in [6.07, 6.45) is 3.66. The Labute approximate surface area is 176 Å². The summed E-state index contributed by atoms with van der Waals surface area (Å²) in [6.45, 7) is 0. The molecular formula is C28H20N2. The van der Waals surface area contributed by atoms with Crippen molar-refractivity contribution in [1.82, 2.24) is 9.97 Å². The Balaban J connectivity index is 1.52. The standard InChI is InChI=1S/C28H20N2/c1-3-16-29-27(14-1)25-12-6-10-23(19-25)21-8-5-9-22(18-21)24-11-7-13-26(20-24)28-15-2-4-17-30-28/h1-20H. The van der Waals surface area contributed by atoms with E-state index in [1.165, 1.54) is 22.3 Å². The third-order valence-electron chi connectivity index (χ3n) is 5.18. The molecule has 0 N–H and O–H groups in total. The van der Waals surface area contributed by atoms with E-state index in [1.54, 1.807) is 0 Å². The van der Waals surface area contributed by atoms with E-state index >= 15 is 0 Å². The maximum absolute atomic E-state index is 4.48. The number of hydrogen-bond donors (Lipinski definition) is 0. The first kappa shape index (κ1) is 18.0. The van der Waals surface area contributed by atoms with Crippen LogP contribution >= 0.6 is 0 Å². The number of aromatic nitrogens is 2. The van der Waals surface area contributed by atoms with Crippen molar-refractivity contribution >= 4 is 0 Å². The monoisotopic (exact) mass is 384 g/mol. The molecule has 0 aliphatic carbocycles. The average molecular weight is 384 g/mol. The van der Waals surface area contributed by atoms with Gasteiger partial charge in [-0.05, 0) is 64.7 Å². The van der Waals surface area contributed by atoms with Crippen molar-refractivity contribution < 1.29 is 0 Å². The lowest BCUT2D eigenvalue weighted by atomic mass is 9.96. The van der Waals surface area contributed by atoms with Crippen molar-refractivity contribution in [3.8, 4) is 44.8 Å². The summed E-state index contributed by atoms with van der Waals surface area (Å²) in [4.78, 5) is 8.96. The highest BCUT2D eigenvalue weighted by Gasteiger charge is 2.06. The van der Waals surface area contributed by atoms with Crippen molar-refractivity contribution in [2.45, 2.75) is 0 Å². The Morgan fingerprint density at radius 3 is 1.07 bits per heavy atom. The van der Waals surface area contributed by atoms with Crippen molar-refractivity contribution in [3.63, 3.8) is 0 Å². The first-order valence-corrected chi connectivity index (χ1v) is 10.0. The zero-order chi connectivity index (χ0) is 20.2. The molecule has 5 rings (SSSR count). The van der Waals surface area contributed by atoms with Crippen molar-refractivity contribution in [3.05, 3.63) is 122 Å². The van der Waals surface area contributed by atoms with Gasteiger partial charge in [-0.1, -0.05) is 66.7 Å².